The van der Waals surface area contributed by atoms with Gasteiger partial charge in [-0.05, 0) is 30.7 Å². The molecule has 2 aromatic carbocycles. The summed E-state index contributed by atoms with van der Waals surface area (Å²) in [5, 5.41) is 6.35. The largest absolute Gasteiger partial charge is 0.462 e. The van der Waals surface area contributed by atoms with Gasteiger partial charge in [0.25, 0.3) is 0 Å². The van der Waals surface area contributed by atoms with E-state index in [4.69, 9.17) is 16.3 Å². The van der Waals surface area contributed by atoms with E-state index >= 15 is 0 Å². The summed E-state index contributed by atoms with van der Waals surface area (Å²) in [5.41, 5.74) is 1.81. The van der Waals surface area contributed by atoms with Crippen LogP contribution in [0.25, 0.3) is 0 Å². The molecule has 24 heavy (non-hydrogen) atoms. The Kier molecular flexibility index (Phi) is 6.63. The van der Waals surface area contributed by atoms with E-state index in [-0.39, 0.29) is 12.5 Å². The fourth-order valence-corrected chi connectivity index (χ4v) is 2.30. The number of hydrogen-bond donors (Lipinski definition) is 2. The first-order valence-electron chi connectivity index (χ1n) is 7.62. The molecule has 0 saturated heterocycles. The minimum Gasteiger partial charge on any atom is -0.462 e. The molecule has 1 amide bonds. The van der Waals surface area contributed by atoms with Gasteiger partial charge in [0.2, 0.25) is 5.91 Å². The maximum Gasteiger partial charge on any atom is 0.340 e. The van der Waals surface area contributed by atoms with E-state index in [1.54, 1.807) is 37.3 Å². The molecule has 2 N–H and O–H groups in total. The lowest BCUT2D eigenvalue weighted by molar-refractivity contribution is -0.119. The van der Waals surface area contributed by atoms with Crippen LogP contribution in [0.3, 0.4) is 0 Å². The second kappa shape index (κ2) is 8.93. The van der Waals surface area contributed by atoms with Crippen molar-refractivity contribution in [3.63, 3.8) is 0 Å². The molecular weight excluding hydrogens is 328 g/mol. The summed E-state index contributed by atoms with van der Waals surface area (Å²) < 4.78 is 5.00. The van der Waals surface area contributed by atoms with Gasteiger partial charge < -0.3 is 15.4 Å². The fourth-order valence-electron chi connectivity index (χ4n) is 2.10. The number of nitrogens with one attached hydrogen (secondary N) is 2. The van der Waals surface area contributed by atoms with Gasteiger partial charge in [0.1, 0.15) is 0 Å². The molecule has 0 aliphatic heterocycles. The molecule has 0 fully saturated rings. The minimum atomic E-state index is -0.419. The summed E-state index contributed by atoms with van der Waals surface area (Å²) in [5.74, 6) is -0.620. The van der Waals surface area contributed by atoms with Crippen LogP contribution in [0.2, 0.25) is 5.02 Å². The normalized spacial score (nSPS) is 10.1. The Balaban J connectivity index is 1.90. The summed E-state index contributed by atoms with van der Waals surface area (Å²) >= 11 is 6.05. The molecule has 0 spiro atoms. The van der Waals surface area contributed by atoms with Gasteiger partial charge in [-0.2, -0.15) is 0 Å². The predicted octanol–water partition coefficient (Wildman–Crippen LogP) is 3.25. The monoisotopic (exact) mass is 346 g/mol. The molecule has 2 rings (SSSR count). The van der Waals surface area contributed by atoms with Crippen molar-refractivity contribution < 1.29 is 14.3 Å². The van der Waals surface area contributed by atoms with Gasteiger partial charge in [-0.3, -0.25) is 4.79 Å². The first kappa shape index (κ1) is 17.8. The van der Waals surface area contributed by atoms with Crippen molar-refractivity contribution in [1.29, 1.82) is 0 Å². The molecule has 0 aliphatic carbocycles. The fraction of sp³-hybridized carbons (Fsp3) is 0.222. The number of ether oxygens (including phenoxy) is 1. The Morgan fingerprint density at radius 3 is 2.54 bits per heavy atom. The Labute approximate surface area is 146 Å². The first-order chi connectivity index (χ1) is 11.6. The maximum atomic E-state index is 12.0. The third-order valence-corrected chi connectivity index (χ3v) is 3.66. The van der Waals surface area contributed by atoms with E-state index in [1.165, 1.54) is 0 Å². The zero-order chi connectivity index (χ0) is 17.4. The smallest absolute Gasteiger partial charge is 0.340 e. The highest BCUT2D eigenvalue weighted by atomic mass is 35.5. The van der Waals surface area contributed by atoms with Crippen molar-refractivity contribution in [3.05, 3.63) is 64.7 Å². The molecule has 0 heterocycles. The van der Waals surface area contributed by atoms with Crippen LogP contribution in [0.1, 0.15) is 22.8 Å². The van der Waals surface area contributed by atoms with Gasteiger partial charge in [0.15, 0.2) is 0 Å². The third kappa shape index (κ3) is 4.99. The molecular formula is C18H19ClN2O3. The molecule has 126 valence electrons. The number of halogens is 1. The summed E-state index contributed by atoms with van der Waals surface area (Å²) in [6.45, 7) is 2.43. The number of hydrogen-bond acceptors (Lipinski definition) is 4. The highest BCUT2D eigenvalue weighted by molar-refractivity contribution is 6.31. The second-order valence-electron chi connectivity index (χ2n) is 4.99. The van der Waals surface area contributed by atoms with E-state index in [0.29, 0.717) is 29.4 Å². The van der Waals surface area contributed by atoms with Gasteiger partial charge in [0, 0.05) is 17.3 Å². The van der Waals surface area contributed by atoms with E-state index in [2.05, 4.69) is 10.6 Å². The van der Waals surface area contributed by atoms with Crippen LogP contribution in [-0.2, 0) is 16.1 Å². The van der Waals surface area contributed by atoms with E-state index in [9.17, 15) is 9.59 Å². The Morgan fingerprint density at radius 1 is 1.08 bits per heavy atom. The highest BCUT2D eigenvalue weighted by Gasteiger charge is 2.12. The highest BCUT2D eigenvalue weighted by Crippen LogP contribution is 2.16. The maximum absolute atomic E-state index is 12.0. The SMILES string of the molecule is CCOC(=O)c1ccccc1NCC(=O)NCc1ccccc1Cl. The number of amides is 1. The van der Waals surface area contributed by atoms with Crippen molar-refractivity contribution in [2.45, 2.75) is 13.5 Å². The standard InChI is InChI=1S/C18H19ClN2O3/c1-2-24-18(23)14-8-4-6-10-16(14)20-12-17(22)21-11-13-7-3-5-9-15(13)19/h3-10,20H,2,11-12H2,1H3,(H,21,22). The average molecular weight is 347 g/mol. The zero-order valence-corrected chi connectivity index (χ0v) is 14.1. The molecule has 6 heteroatoms. The molecule has 0 aliphatic rings. The lowest BCUT2D eigenvalue weighted by Crippen LogP contribution is -2.29. The molecule has 5 nitrogen and oxygen atoms in total. The molecule has 0 atom stereocenters. The van der Waals surface area contributed by atoms with E-state index < -0.39 is 5.97 Å². The summed E-state index contributed by atoms with van der Waals surface area (Å²) in [7, 11) is 0. The van der Waals surface area contributed by atoms with Crippen molar-refractivity contribution in [3.8, 4) is 0 Å². The van der Waals surface area contributed by atoms with Gasteiger partial charge in [-0.25, -0.2) is 4.79 Å². The topological polar surface area (TPSA) is 67.4 Å². The van der Waals surface area contributed by atoms with Crippen molar-refractivity contribution in [2.75, 3.05) is 18.5 Å². The van der Waals surface area contributed by atoms with Crippen LogP contribution < -0.4 is 10.6 Å². The lowest BCUT2D eigenvalue weighted by atomic mass is 10.2. The van der Waals surface area contributed by atoms with Crippen LogP contribution >= 0.6 is 11.6 Å². The van der Waals surface area contributed by atoms with E-state index in [1.807, 2.05) is 18.2 Å². The van der Waals surface area contributed by atoms with Crippen LogP contribution in [0.15, 0.2) is 48.5 Å². The number of anilines is 1. The Morgan fingerprint density at radius 2 is 1.79 bits per heavy atom. The van der Waals surface area contributed by atoms with Crippen LogP contribution in [0.4, 0.5) is 5.69 Å². The lowest BCUT2D eigenvalue weighted by Gasteiger charge is -2.12. The number of carbonyl (C=O) groups is 2. The third-order valence-electron chi connectivity index (χ3n) is 3.30. The van der Waals surface area contributed by atoms with Gasteiger partial charge in [-0.15, -0.1) is 0 Å². The number of esters is 1. The van der Waals surface area contributed by atoms with Crippen molar-refractivity contribution in [2.24, 2.45) is 0 Å². The summed E-state index contributed by atoms with van der Waals surface area (Å²) in [6.07, 6.45) is 0. The van der Waals surface area contributed by atoms with Gasteiger partial charge in [-0.1, -0.05) is 41.9 Å². The Bertz CT molecular complexity index is 719. The minimum absolute atomic E-state index is 0.0425. The first-order valence-corrected chi connectivity index (χ1v) is 7.99. The Hall–Kier alpha value is -2.53. The van der Waals surface area contributed by atoms with Crippen LogP contribution in [0, 0.1) is 0 Å². The van der Waals surface area contributed by atoms with Crippen LogP contribution in [-0.4, -0.2) is 25.0 Å². The van der Waals surface area contributed by atoms with Gasteiger partial charge in [0.05, 0.1) is 18.7 Å². The van der Waals surface area contributed by atoms with Crippen molar-refractivity contribution in [1.82, 2.24) is 5.32 Å². The number of benzene rings is 2. The van der Waals surface area contributed by atoms with Gasteiger partial charge >= 0.3 is 5.97 Å². The number of para-hydroxylation sites is 1. The quantitative estimate of drug-likeness (QED) is 0.755. The molecule has 0 unspecified atom stereocenters. The average Bonchev–Trinajstić information content (AvgIpc) is 2.59. The van der Waals surface area contributed by atoms with Crippen LogP contribution in [0.5, 0.6) is 0 Å². The summed E-state index contributed by atoms with van der Waals surface area (Å²) in [6, 6.07) is 14.2. The van der Waals surface area contributed by atoms with Crippen molar-refractivity contribution >= 4 is 29.2 Å². The number of rotatable bonds is 7. The molecule has 0 bridgehead atoms. The molecule has 0 radical (unpaired) electrons. The molecule has 0 saturated carbocycles. The molecule has 2 aromatic rings. The summed E-state index contributed by atoms with van der Waals surface area (Å²) in [4.78, 5) is 23.9. The number of carbonyl (C=O) groups excluding carboxylic acids is 2. The molecule has 0 aromatic heterocycles. The zero-order valence-electron chi connectivity index (χ0n) is 13.3. The van der Waals surface area contributed by atoms with E-state index in [0.717, 1.165) is 5.56 Å². The second-order valence-corrected chi connectivity index (χ2v) is 5.39. The predicted molar refractivity (Wildman–Crippen MR) is 94.2 cm³/mol.